The molecule has 5 heteroatoms. The molecule has 0 fully saturated rings. The summed E-state index contributed by atoms with van der Waals surface area (Å²) < 4.78 is 1.67. The van der Waals surface area contributed by atoms with E-state index in [1.165, 1.54) is 0 Å². The Labute approximate surface area is 127 Å². The zero-order valence-electron chi connectivity index (χ0n) is 10.8. The summed E-state index contributed by atoms with van der Waals surface area (Å²) in [6.07, 6.45) is 0.216. The maximum absolute atomic E-state index is 12.5. The minimum Gasteiger partial charge on any atom is -0.343 e. The van der Waals surface area contributed by atoms with Crippen LogP contribution in [0.2, 0.25) is 5.02 Å². The summed E-state index contributed by atoms with van der Waals surface area (Å²) >= 11 is 10.9. The largest absolute Gasteiger partial charge is 0.343 e. The molecule has 0 atom stereocenters. The molecule has 0 saturated heterocycles. The predicted octanol–water partition coefficient (Wildman–Crippen LogP) is 3.32. The fourth-order valence-electron chi connectivity index (χ4n) is 1.98. The molecule has 1 aromatic heterocycles. The van der Waals surface area contributed by atoms with Crippen LogP contribution in [0.5, 0.6) is 0 Å². The molecular weight excluding hydrogens is 292 g/mol. The number of benzene rings is 1. The lowest BCUT2D eigenvalue weighted by Gasteiger charge is -2.06. The highest BCUT2D eigenvalue weighted by atomic mass is 35.5. The standard InChI is InChI=1S/C15H11ClN2OS/c1-18-12(6-7-17)8-13(16)14(18)15(19)11-4-2-10(9-20)3-5-11/h2-5,8-9H,6H2,1H3. The first-order valence-corrected chi connectivity index (χ1v) is 6.74. The number of carbonyl (C=O) groups is 1. The van der Waals surface area contributed by atoms with Gasteiger partial charge in [0.25, 0.3) is 0 Å². The number of nitrogens with zero attached hydrogens (tertiary/aromatic N) is 2. The van der Waals surface area contributed by atoms with E-state index in [9.17, 15) is 4.79 Å². The molecule has 0 aliphatic carbocycles. The van der Waals surface area contributed by atoms with E-state index in [1.54, 1.807) is 47.3 Å². The number of hydrogen-bond acceptors (Lipinski definition) is 3. The van der Waals surface area contributed by atoms with Gasteiger partial charge in [-0.3, -0.25) is 4.79 Å². The minimum atomic E-state index is -0.169. The normalized spacial score (nSPS) is 10.1. The molecule has 0 bridgehead atoms. The van der Waals surface area contributed by atoms with E-state index < -0.39 is 0 Å². The van der Waals surface area contributed by atoms with Crippen molar-refractivity contribution in [2.45, 2.75) is 6.42 Å². The van der Waals surface area contributed by atoms with Gasteiger partial charge in [0.1, 0.15) is 5.69 Å². The Kier molecular flexibility index (Phi) is 4.33. The van der Waals surface area contributed by atoms with E-state index in [0.29, 0.717) is 16.3 Å². The lowest BCUT2D eigenvalue weighted by Crippen LogP contribution is -2.09. The second-order valence-corrected chi connectivity index (χ2v) is 4.94. The summed E-state index contributed by atoms with van der Waals surface area (Å²) in [6.45, 7) is 0. The summed E-state index contributed by atoms with van der Waals surface area (Å²) in [5.41, 5.74) is 2.53. The number of thiocarbonyl (C=S) groups is 1. The Bertz CT molecular complexity index is 711. The van der Waals surface area contributed by atoms with Gasteiger partial charge in [-0.05, 0) is 11.6 Å². The molecule has 0 spiro atoms. The van der Waals surface area contributed by atoms with Gasteiger partial charge in [-0.15, -0.1) is 0 Å². The number of rotatable bonds is 4. The van der Waals surface area contributed by atoms with Crippen LogP contribution in [0.4, 0.5) is 0 Å². The van der Waals surface area contributed by atoms with Crippen LogP contribution in [-0.4, -0.2) is 15.7 Å². The predicted molar refractivity (Wildman–Crippen MR) is 82.4 cm³/mol. The second kappa shape index (κ2) is 6.00. The molecule has 0 aliphatic rings. The van der Waals surface area contributed by atoms with Gasteiger partial charge in [-0.1, -0.05) is 48.1 Å². The van der Waals surface area contributed by atoms with E-state index in [4.69, 9.17) is 29.1 Å². The van der Waals surface area contributed by atoms with Crippen LogP contribution in [0.1, 0.15) is 27.3 Å². The quantitative estimate of drug-likeness (QED) is 0.643. The van der Waals surface area contributed by atoms with Crippen molar-refractivity contribution in [2.24, 2.45) is 7.05 Å². The maximum atomic E-state index is 12.5. The third kappa shape index (κ3) is 2.64. The lowest BCUT2D eigenvalue weighted by atomic mass is 10.1. The van der Waals surface area contributed by atoms with E-state index in [0.717, 1.165) is 11.3 Å². The summed E-state index contributed by atoms with van der Waals surface area (Å²) in [5, 5.41) is 10.7. The van der Waals surface area contributed by atoms with Crippen LogP contribution in [0, 0.1) is 11.3 Å². The van der Waals surface area contributed by atoms with Gasteiger partial charge in [0, 0.05) is 23.7 Å². The first-order chi connectivity index (χ1) is 9.58. The highest BCUT2D eigenvalue weighted by Gasteiger charge is 2.19. The Morgan fingerprint density at radius 2 is 2.10 bits per heavy atom. The van der Waals surface area contributed by atoms with Crippen molar-refractivity contribution in [3.05, 3.63) is 57.9 Å². The van der Waals surface area contributed by atoms with Crippen LogP contribution in [0.25, 0.3) is 0 Å². The lowest BCUT2D eigenvalue weighted by molar-refractivity contribution is 0.103. The smallest absolute Gasteiger partial charge is 0.210 e. The van der Waals surface area contributed by atoms with E-state index in [-0.39, 0.29) is 12.2 Å². The topological polar surface area (TPSA) is 45.8 Å². The van der Waals surface area contributed by atoms with E-state index in [2.05, 4.69) is 6.07 Å². The van der Waals surface area contributed by atoms with Crippen molar-refractivity contribution in [1.29, 1.82) is 5.26 Å². The summed E-state index contributed by atoms with van der Waals surface area (Å²) in [7, 11) is 1.73. The van der Waals surface area contributed by atoms with Crippen LogP contribution in [0.3, 0.4) is 0 Å². The fourth-order valence-corrected chi connectivity index (χ4v) is 2.47. The molecule has 0 radical (unpaired) electrons. The molecule has 2 rings (SSSR count). The molecule has 0 N–H and O–H groups in total. The maximum Gasteiger partial charge on any atom is 0.210 e. The number of nitriles is 1. The Morgan fingerprint density at radius 1 is 1.45 bits per heavy atom. The Hall–Kier alpha value is -1.96. The highest BCUT2D eigenvalue weighted by molar-refractivity contribution is 7.79. The van der Waals surface area contributed by atoms with Crippen molar-refractivity contribution >= 4 is 35.0 Å². The zero-order chi connectivity index (χ0) is 14.7. The van der Waals surface area contributed by atoms with Gasteiger partial charge in [0.05, 0.1) is 17.5 Å². The van der Waals surface area contributed by atoms with Crippen molar-refractivity contribution < 1.29 is 4.79 Å². The van der Waals surface area contributed by atoms with E-state index in [1.807, 2.05) is 0 Å². The second-order valence-electron chi connectivity index (χ2n) is 4.30. The van der Waals surface area contributed by atoms with Gasteiger partial charge >= 0.3 is 0 Å². The number of carbonyl (C=O) groups excluding carboxylic acids is 1. The minimum absolute atomic E-state index is 0.169. The molecule has 1 aromatic carbocycles. The SMILES string of the molecule is Cn1c(CC#N)cc(Cl)c1C(=O)c1ccc(C=S)cc1. The van der Waals surface area contributed by atoms with Gasteiger partial charge in [0.15, 0.2) is 0 Å². The summed E-state index contributed by atoms with van der Waals surface area (Å²) in [4.78, 5) is 12.5. The van der Waals surface area contributed by atoms with Crippen molar-refractivity contribution in [3.63, 3.8) is 0 Å². The molecule has 0 unspecified atom stereocenters. The van der Waals surface area contributed by atoms with Gasteiger partial charge < -0.3 is 4.57 Å². The Morgan fingerprint density at radius 3 is 2.65 bits per heavy atom. The van der Waals surface area contributed by atoms with Crippen molar-refractivity contribution in [1.82, 2.24) is 4.57 Å². The monoisotopic (exact) mass is 302 g/mol. The van der Waals surface area contributed by atoms with Gasteiger partial charge in [-0.2, -0.15) is 5.26 Å². The molecule has 0 aliphatic heterocycles. The molecule has 0 amide bonds. The van der Waals surface area contributed by atoms with Crippen molar-refractivity contribution in [2.75, 3.05) is 0 Å². The third-order valence-corrected chi connectivity index (χ3v) is 3.63. The molecule has 2 aromatic rings. The number of ketones is 1. The third-order valence-electron chi connectivity index (χ3n) is 3.07. The first-order valence-electron chi connectivity index (χ1n) is 5.89. The molecule has 1 heterocycles. The summed E-state index contributed by atoms with van der Waals surface area (Å²) in [5.74, 6) is -0.169. The number of halogens is 1. The molecule has 20 heavy (non-hydrogen) atoms. The first kappa shape index (κ1) is 14.4. The number of aromatic nitrogens is 1. The van der Waals surface area contributed by atoms with Crippen LogP contribution < -0.4 is 0 Å². The highest BCUT2D eigenvalue weighted by Crippen LogP contribution is 2.23. The summed E-state index contributed by atoms with van der Waals surface area (Å²) in [6, 6.07) is 10.7. The average molecular weight is 303 g/mol. The van der Waals surface area contributed by atoms with Crippen LogP contribution in [-0.2, 0) is 13.5 Å². The van der Waals surface area contributed by atoms with Crippen LogP contribution in [0.15, 0.2) is 30.3 Å². The average Bonchev–Trinajstić information content (AvgIpc) is 2.73. The van der Waals surface area contributed by atoms with Crippen molar-refractivity contribution in [3.8, 4) is 6.07 Å². The van der Waals surface area contributed by atoms with Gasteiger partial charge in [-0.25, -0.2) is 0 Å². The van der Waals surface area contributed by atoms with Crippen LogP contribution >= 0.6 is 23.8 Å². The molecular formula is C15H11ClN2OS. The zero-order valence-corrected chi connectivity index (χ0v) is 12.3. The van der Waals surface area contributed by atoms with Gasteiger partial charge in [0.2, 0.25) is 5.78 Å². The van der Waals surface area contributed by atoms with E-state index >= 15 is 0 Å². The number of hydrogen-bond donors (Lipinski definition) is 0. The molecule has 3 nitrogen and oxygen atoms in total. The Balaban J connectivity index is 2.42. The molecule has 100 valence electrons. The fraction of sp³-hybridized carbons (Fsp3) is 0.133. The molecule has 0 saturated carbocycles.